The number of nitrogens with two attached hydrogens (primary N) is 1. The molecule has 64 valence electrons. The molecule has 0 aromatic heterocycles. The van der Waals surface area contributed by atoms with E-state index in [9.17, 15) is 4.79 Å². The van der Waals surface area contributed by atoms with E-state index in [1.54, 1.807) is 13.0 Å². The predicted octanol–water partition coefficient (Wildman–Crippen LogP) is 1.00. The van der Waals surface area contributed by atoms with Crippen LogP contribution in [0.2, 0.25) is 0 Å². The number of aliphatic carboxylic acids is 1. The van der Waals surface area contributed by atoms with E-state index >= 15 is 0 Å². The molecule has 0 saturated carbocycles. The molecule has 0 amide bonds. The Balaban J connectivity index is 4.19. The molecule has 0 spiro atoms. The standard InChI is InChI=1S/C8H15NO2/c1-5(2)7(9)4-6(3)8(10)11/h4-5,7H,9H2,1-3H3,(H,10,11)/b6-4+/t7-/m1/s1. The lowest BCUT2D eigenvalue weighted by Crippen LogP contribution is -2.24. The first-order valence-electron chi connectivity index (χ1n) is 3.62. The molecule has 0 rings (SSSR count). The zero-order chi connectivity index (χ0) is 9.02. The molecular weight excluding hydrogens is 142 g/mol. The number of hydrogen-bond acceptors (Lipinski definition) is 2. The summed E-state index contributed by atoms with van der Waals surface area (Å²) in [5, 5.41) is 8.49. The second-order valence-corrected chi connectivity index (χ2v) is 2.98. The molecule has 0 radical (unpaired) electrons. The van der Waals surface area contributed by atoms with Gasteiger partial charge in [0, 0.05) is 11.6 Å². The van der Waals surface area contributed by atoms with Crippen LogP contribution in [0, 0.1) is 5.92 Å². The van der Waals surface area contributed by atoms with Crippen molar-refractivity contribution in [2.45, 2.75) is 26.8 Å². The first kappa shape index (κ1) is 10.2. The molecule has 3 nitrogen and oxygen atoms in total. The Bertz CT molecular complexity index is 173. The molecule has 0 heterocycles. The largest absolute Gasteiger partial charge is 0.478 e. The van der Waals surface area contributed by atoms with E-state index in [0.29, 0.717) is 5.57 Å². The van der Waals surface area contributed by atoms with Crippen LogP contribution in [0.25, 0.3) is 0 Å². The van der Waals surface area contributed by atoms with Gasteiger partial charge in [-0.25, -0.2) is 4.79 Å². The number of carbonyl (C=O) groups is 1. The second-order valence-electron chi connectivity index (χ2n) is 2.98. The van der Waals surface area contributed by atoms with Crippen LogP contribution in [-0.2, 0) is 4.79 Å². The zero-order valence-corrected chi connectivity index (χ0v) is 7.16. The van der Waals surface area contributed by atoms with Crippen LogP contribution in [0.15, 0.2) is 11.6 Å². The highest BCUT2D eigenvalue weighted by molar-refractivity contribution is 5.85. The van der Waals surface area contributed by atoms with Gasteiger partial charge in [-0.05, 0) is 12.8 Å². The van der Waals surface area contributed by atoms with Crippen molar-refractivity contribution < 1.29 is 9.90 Å². The molecule has 0 bridgehead atoms. The van der Waals surface area contributed by atoms with Crippen LogP contribution >= 0.6 is 0 Å². The highest BCUT2D eigenvalue weighted by Gasteiger charge is 2.06. The van der Waals surface area contributed by atoms with Gasteiger partial charge in [0.05, 0.1) is 0 Å². The average Bonchev–Trinajstić information content (AvgIpc) is 1.87. The normalized spacial score (nSPS) is 15.2. The SMILES string of the molecule is C/C(=C\[C@@H](N)C(C)C)C(=O)O. The first-order valence-corrected chi connectivity index (χ1v) is 3.62. The van der Waals surface area contributed by atoms with Gasteiger partial charge < -0.3 is 10.8 Å². The van der Waals surface area contributed by atoms with E-state index in [1.165, 1.54) is 0 Å². The molecule has 1 atom stereocenters. The lowest BCUT2D eigenvalue weighted by Gasteiger charge is -2.10. The third-order valence-electron chi connectivity index (χ3n) is 1.55. The summed E-state index contributed by atoms with van der Waals surface area (Å²) < 4.78 is 0. The molecule has 0 saturated heterocycles. The smallest absolute Gasteiger partial charge is 0.331 e. The van der Waals surface area contributed by atoms with E-state index in [4.69, 9.17) is 10.8 Å². The van der Waals surface area contributed by atoms with Gasteiger partial charge in [-0.15, -0.1) is 0 Å². The van der Waals surface area contributed by atoms with Crippen LogP contribution < -0.4 is 5.73 Å². The van der Waals surface area contributed by atoms with Crippen molar-refractivity contribution in [2.75, 3.05) is 0 Å². The van der Waals surface area contributed by atoms with Gasteiger partial charge in [0.15, 0.2) is 0 Å². The van der Waals surface area contributed by atoms with Crippen molar-refractivity contribution in [3.8, 4) is 0 Å². The van der Waals surface area contributed by atoms with Crippen LogP contribution in [-0.4, -0.2) is 17.1 Å². The maximum Gasteiger partial charge on any atom is 0.331 e. The molecule has 3 N–H and O–H groups in total. The van der Waals surface area contributed by atoms with Gasteiger partial charge in [0.1, 0.15) is 0 Å². The van der Waals surface area contributed by atoms with Crippen molar-refractivity contribution in [1.82, 2.24) is 0 Å². The fourth-order valence-corrected chi connectivity index (χ4v) is 0.552. The number of rotatable bonds is 3. The molecule has 11 heavy (non-hydrogen) atoms. The molecule has 0 unspecified atom stereocenters. The van der Waals surface area contributed by atoms with Crippen LogP contribution in [0.5, 0.6) is 0 Å². The summed E-state index contributed by atoms with van der Waals surface area (Å²) in [5.74, 6) is -0.620. The summed E-state index contributed by atoms with van der Waals surface area (Å²) in [6.45, 7) is 5.46. The van der Waals surface area contributed by atoms with Gasteiger partial charge >= 0.3 is 5.97 Å². The Kier molecular flexibility index (Phi) is 3.82. The number of hydrogen-bond donors (Lipinski definition) is 2. The van der Waals surface area contributed by atoms with Crippen molar-refractivity contribution in [3.63, 3.8) is 0 Å². The fraction of sp³-hybridized carbons (Fsp3) is 0.625. The minimum Gasteiger partial charge on any atom is -0.478 e. The Hall–Kier alpha value is -0.830. The van der Waals surface area contributed by atoms with Gasteiger partial charge in [-0.1, -0.05) is 19.9 Å². The van der Waals surface area contributed by atoms with Crippen molar-refractivity contribution in [1.29, 1.82) is 0 Å². The number of carboxylic acid groups (broad SMARTS) is 1. The third kappa shape index (κ3) is 3.78. The third-order valence-corrected chi connectivity index (χ3v) is 1.55. The Morgan fingerprint density at radius 3 is 2.27 bits per heavy atom. The fourth-order valence-electron chi connectivity index (χ4n) is 0.552. The Labute approximate surface area is 66.9 Å². The van der Waals surface area contributed by atoms with Gasteiger partial charge in [-0.3, -0.25) is 0 Å². The lowest BCUT2D eigenvalue weighted by molar-refractivity contribution is -0.132. The summed E-state index contributed by atoms with van der Waals surface area (Å²) >= 11 is 0. The molecule has 0 fully saturated rings. The van der Waals surface area contributed by atoms with Crippen LogP contribution in [0.4, 0.5) is 0 Å². The van der Waals surface area contributed by atoms with Gasteiger partial charge in [0.2, 0.25) is 0 Å². The van der Waals surface area contributed by atoms with E-state index in [-0.39, 0.29) is 12.0 Å². The van der Waals surface area contributed by atoms with E-state index < -0.39 is 5.97 Å². The zero-order valence-electron chi connectivity index (χ0n) is 7.16. The minimum absolute atomic E-state index is 0.161. The summed E-state index contributed by atoms with van der Waals surface area (Å²) in [7, 11) is 0. The van der Waals surface area contributed by atoms with Crippen LogP contribution in [0.3, 0.4) is 0 Å². The second kappa shape index (κ2) is 4.13. The predicted molar refractivity (Wildman–Crippen MR) is 44.2 cm³/mol. The maximum atomic E-state index is 10.3. The Morgan fingerprint density at radius 1 is 1.55 bits per heavy atom. The van der Waals surface area contributed by atoms with Crippen molar-refractivity contribution in [3.05, 3.63) is 11.6 Å². The molecular formula is C8H15NO2. The van der Waals surface area contributed by atoms with Crippen molar-refractivity contribution in [2.24, 2.45) is 11.7 Å². The molecule has 0 aromatic carbocycles. The molecule has 3 heteroatoms. The monoisotopic (exact) mass is 157 g/mol. The molecule has 0 aliphatic heterocycles. The number of carboxylic acids is 1. The van der Waals surface area contributed by atoms with E-state index in [2.05, 4.69) is 0 Å². The van der Waals surface area contributed by atoms with E-state index in [1.807, 2.05) is 13.8 Å². The summed E-state index contributed by atoms with van der Waals surface area (Å²) in [4.78, 5) is 10.3. The van der Waals surface area contributed by atoms with Gasteiger partial charge in [0.25, 0.3) is 0 Å². The maximum absolute atomic E-state index is 10.3. The molecule has 0 aliphatic rings. The summed E-state index contributed by atoms with van der Waals surface area (Å²) in [6.07, 6.45) is 1.58. The van der Waals surface area contributed by atoms with Gasteiger partial charge in [-0.2, -0.15) is 0 Å². The highest BCUT2D eigenvalue weighted by atomic mass is 16.4. The topological polar surface area (TPSA) is 63.3 Å². The summed E-state index contributed by atoms with van der Waals surface area (Å²) in [5.41, 5.74) is 5.93. The quantitative estimate of drug-likeness (QED) is 0.601. The Morgan fingerprint density at radius 2 is 2.00 bits per heavy atom. The molecule has 0 aliphatic carbocycles. The molecule has 0 aromatic rings. The van der Waals surface area contributed by atoms with Crippen molar-refractivity contribution >= 4 is 5.97 Å². The first-order chi connectivity index (χ1) is 4.95. The summed E-state index contributed by atoms with van der Waals surface area (Å²) in [6, 6.07) is -0.161. The van der Waals surface area contributed by atoms with E-state index in [0.717, 1.165) is 0 Å². The van der Waals surface area contributed by atoms with Crippen LogP contribution in [0.1, 0.15) is 20.8 Å². The highest BCUT2D eigenvalue weighted by Crippen LogP contribution is 2.03. The lowest BCUT2D eigenvalue weighted by atomic mass is 10.0. The minimum atomic E-state index is -0.902. The average molecular weight is 157 g/mol.